The van der Waals surface area contributed by atoms with Crippen molar-refractivity contribution in [1.82, 2.24) is 14.9 Å². The van der Waals surface area contributed by atoms with Crippen LogP contribution in [0.3, 0.4) is 0 Å². The zero-order chi connectivity index (χ0) is 16.9. The number of piperazine rings is 1. The summed E-state index contributed by atoms with van der Waals surface area (Å²) in [6.07, 6.45) is 6.90. The van der Waals surface area contributed by atoms with Crippen LogP contribution in [0, 0.1) is 0 Å². The van der Waals surface area contributed by atoms with E-state index in [1.807, 2.05) is 12.3 Å². The molecular formula is C17H25N5O2. The van der Waals surface area contributed by atoms with Crippen molar-refractivity contribution in [2.75, 3.05) is 36.9 Å². The van der Waals surface area contributed by atoms with E-state index in [0.717, 1.165) is 56.0 Å². The molecule has 1 aliphatic rings. The molecule has 0 spiro atoms. The fourth-order valence-corrected chi connectivity index (χ4v) is 3.27. The number of aryl methyl sites for hydroxylation is 1. The fraction of sp³-hybridized carbons (Fsp3) is 0.529. The van der Waals surface area contributed by atoms with Crippen LogP contribution in [0.15, 0.2) is 29.2 Å². The normalized spacial score (nSPS) is 18.9. The van der Waals surface area contributed by atoms with E-state index in [1.165, 1.54) is 0 Å². The van der Waals surface area contributed by atoms with Gasteiger partial charge in [-0.25, -0.2) is 4.98 Å². The van der Waals surface area contributed by atoms with Gasteiger partial charge in [-0.2, -0.15) is 4.98 Å². The van der Waals surface area contributed by atoms with Gasteiger partial charge >= 0.3 is 0 Å². The lowest BCUT2D eigenvalue weighted by atomic mass is 10.1. The second kappa shape index (κ2) is 7.63. The Morgan fingerprint density at radius 2 is 2.29 bits per heavy atom. The van der Waals surface area contributed by atoms with E-state index in [-0.39, 0.29) is 12.6 Å². The third-order valence-electron chi connectivity index (χ3n) is 4.57. The van der Waals surface area contributed by atoms with Crippen LogP contribution in [0.4, 0.5) is 11.8 Å². The van der Waals surface area contributed by atoms with Crippen molar-refractivity contribution in [3.05, 3.63) is 35.9 Å². The Morgan fingerprint density at radius 3 is 3.00 bits per heavy atom. The summed E-state index contributed by atoms with van der Waals surface area (Å²) in [6.45, 7) is 5.71. The molecule has 0 saturated carbocycles. The van der Waals surface area contributed by atoms with Gasteiger partial charge in [-0.15, -0.1) is 0 Å². The molecule has 130 valence electrons. The largest absolute Gasteiger partial charge is 0.472 e. The molecule has 2 aromatic heterocycles. The lowest BCUT2D eigenvalue weighted by molar-refractivity contribution is 0.135. The van der Waals surface area contributed by atoms with E-state index in [0.29, 0.717) is 5.95 Å². The molecule has 0 unspecified atom stereocenters. The topological polar surface area (TPSA) is 91.7 Å². The number of nitrogen functional groups attached to an aromatic ring is 1. The SMILES string of the molecule is CCc1cnc(N)nc1N1CCN(Cc2ccoc2)[C@H](CCO)C1. The van der Waals surface area contributed by atoms with Crippen LogP contribution in [0.2, 0.25) is 0 Å². The number of hydrogen-bond donors (Lipinski definition) is 2. The molecule has 3 rings (SSSR count). The molecule has 0 radical (unpaired) electrons. The summed E-state index contributed by atoms with van der Waals surface area (Å²) >= 11 is 0. The molecule has 1 fully saturated rings. The van der Waals surface area contributed by atoms with Crippen LogP contribution >= 0.6 is 0 Å². The molecule has 3 heterocycles. The van der Waals surface area contributed by atoms with Crippen LogP contribution in [-0.2, 0) is 13.0 Å². The number of rotatable bonds is 6. The lowest BCUT2D eigenvalue weighted by Gasteiger charge is -2.42. The van der Waals surface area contributed by atoms with E-state index in [1.54, 1.807) is 12.5 Å². The Hall–Kier alpha value is -2.12. The Balaban J connectivity index is 1.76. The maximum Gasteiger partial charge on any atom is 0.221 e. The summed E-state index contributed by atoms with van der Waals surface area (Å²) in [6, 6.07) is 2.25. The molecule has 3 N–H and O–H groups in total. The third kappa shape index (κ3) is 3.68. The van der Waals surface area contributed by atoms with Crippen LogP contribution in [-0.4, -0.2) is 52.3 Å². The van der Waals surface area contributed by atoms with Gasteiger partial charge < -0.3 is 20.2 Å². The van der Waals surface area contributed by atoms with Crippen molar-refractivity contribution in [3.63, 3.8) is 0 Å². The number of nitrogens with zero attached hydrogens (tertiary/aromatic N) is 4. The van der Waals surface area contributed by atoms with E-state index in [9.17, 15) is 5.11 Å². The Labute approximate surface area is 142 Å². The van der Waals surface area contributed by atoms with Crippen LogP contribution in [0.5, 0.6) is 0 Å². The Kier molecular flexibility index (Phi) is 5.32. The van der Waals surface area contributed by atoms with Crippen LogP contribution in [0.25, 0.3) is 0 Å². The summed E-state index contributed by atoms with van der Waals surface area (Å²) in [5, 5.41) is 9.45. The van der Waals surface area contributed by atoms with E-state index in [4.69, 9.17) is 10.2 Å². The maximum atomic E-state index is 9.45. The summed E-state index contributed by atoms with van der Waals surface area (Å²) in [7, 11) is 0. The minimum absolute atomic E-state index is 0.174. The highest BCUT2D eigenvalue weighted by Crippen LogP contribution is 2.24. The highest BCUT2D eigenvalue weighted by molar-refractivity contribution is 5.49. The maximum absolute atomic E-state index is 9.45. The summed E-state index contributed by atoms with van der Waals surface area (Å²) in [5.74, 6) is 1.23. The molecule has 2 aromatic rings. The predicted octanol–water partition coefficient (Wildman–Crippen LogP) is 1.29. The molecule has 0 aliphatic carbocycles. The number of aliphatic hydroxyl groups excluding tert-OH is 1. The predicted molar refractivity (Wildman–Crippen MR) is 92.6 cm³/mol. The first-order valence-corrected chi connectivity index (χ1v) is 8.43. The van der Waals surface area contributed by atoms with Crippen molar-refractivity contribution >= 4 is 11.8 Å². The van der Waals surface area contributed by atoms with Gasteiger partial charge in [-0.3, -0.25) is 4.90 Å². The van der Waals surface area contributed by atoms with Gasteiger partial charge in [0, 0.05) is 56.2 Å². The molecule has 0 bridgehead atoms. The number of nitrogens with two attached hydrogens (primary N) is 1. The van der Waals surface area contributed by atoms with Crippen molar-refractivity contribution in [1.29, 1.82) is 0 Å². The number of aliphatic hydroxyl groups is 1. The summed E-state index contributed by atoms with van der Waals surface area (Å²) in [5.41, 5.74) is 8.06. The minimum atomic E-state index is 0.174. The highest BCUT2D eigenvalue weighted by atomic mass is 16.3. The van der Waals surface area contributed by atoms with E-state index in [2.05, 4.69) is 26.7 Å². The molecule has 7 nitrogen and oxygen atoms in total. The number of anilines is 2. The molecule has 0 aromatic carbocycles. The average molecular weight is 331 g/mol. The quantitative estimate of drug-likeness (QED) is 0.824. The Morgan fingerprint density at radius 1 is 1.42 bits per heavy atom. The summed E-state index contributed by atoms with van der Waals surface area (Å²) < 4.78 is 5.17. The smallest absolute Gasteiger partial charge is 0.221 e. The van der Waals surface area contributed by atoms with Gasteiger partial charge in [0.1, 0.15) is 5.82 Å². The second-order valence-corrected chi connectivity index (χ2v) is 6.14. The lowest BCUT2D eigenvalue weighted by Crippen LogP contribution is -2.53. The average Bonchev–Trinajstić information content (AvgIpc) is 3.10. The molecular weight excluding hydrogens is 306 g/mol. The van der Waals surface area contributed by atoms with Gasteiger partial charge in [-0.1, -0.05) is 6.92 Å². The van der Waals surface area contributed by atoms with Crippen molar-refractivity contribution in [2.24, 2.45) is 0 Å². The first-order valence-electron chi connectivity index (χ1n) is 8.43. The molecule has 1 saturated heterocycles. The first-order chi connectivity index (χ1) is 11.7. The third-order valence-corrected chi connectivity index (χ3v) is 4.57. The van der Waals surface area contributed by atoms with Gasteiger partial charge in [-0.05, 0) is 18.9 Å². The van der Waals surface area contributed by atoms with Gasteiger partial charge in [0.25, 0.3) is 0 Å². The molecule has 1 aliphatic heterocycles. The number of aromatic nitrogens is 2. The molecule has 1 atom stereocenters. The number of hydrogen-bond acceptors (Lipinski definition) is 7. The monoisotopic (exact) mass is 331 g/mol. The zero-order valence-corrected chi connectivity index (χ0v) is 14.1. The van der Waals surface area contributed by atoms with Gasteiger partial charge in [0.05, 0.1) is 12.5 Å². The first kappa shape index (κ1) is 16.7. The summed E-state index contributed by atoms with van der Waals surface area (Å²) in [4.78, 5) is 13.2. The standard InChI is InChI=1S/C17H25N5O2/c1-2-14-9-19-17(18)20-16(14)22-6-5-21(15(11-22)3-7-23)10-13-4-8-24-12-13/h4,8-9,12,15,23H,2-3,5-7,10-11H2,1H3,(H2,18,19,20)/t15-/m1/s1. The van der Waals surface area contributed by atoms with Crippen molar-refractivity contribution in [3.8, 4) is 0 Å². The fourth-order valence-electron chi connectivity index (χ4n) is 3.27. The Bertz CT molecular complexity index is 646. The highest BCUT2D eigenvalue weighted by Gasteiger charge is 2.28. The second-order valence-electron chi connectivity index (χ2n) is 6.14. The zero-order valence-electron chi connectivity index (χ0n) is 14.1. The van der Waals surface area contributed by atoms with Gasteiger partial charge in [0.15, 0.2) is 0 Å². The van der Waals surface area contributed by atoms with E-state index < -0.39 is 0 Å². The van der Waals surface area contributed by atoms with Gasteiger partial charge in [0.2, 0.25) is 5.95 Å². The van der Waals surface area contributed by atoms with Crippen LogP contribution in [0.1, 0.15) is 24.5 Å². The molecule has 7 heteroatoms. The molecule has 24 heavy (non-hydrogen) atoms. The molecule has 0 amide bonds. The van der Waals surface area contributed by atoms with E-state index >= 15 is 0 Å². The van der Waals surface area contributed by atoms with Crippen LogP contribution < -0.4 is 10.6 Å². The number of furan rings is 1. The van der Waals surface area contributed by atoms with Crippen molar-refractivity contribution < 1.29 is 9.52 Å². The van der Waals surface area contributed by atoms with Crippen molar-refractivity contribution in [2.45, 2.75) is 32.4 Å². The minimum Gasteiger partial charge on any atom is -0.472 e.